The van der Waals surface area contributed by atoms with Gasteiger partial charge in [0, 0.05) is 30.8 Å². The number of nitro groups is 1. The van der Waals surface area contributed by atoms with Gasteiger partial charge in [-0.15, -0.1) is 0 Å². The molecule has 1 aliphatic rings. The Morgan fingerprint density at radius 2 is 2.11 bits per heavy atom. The highest BCUT2D eigenvalue weighted by Gasteiger charge is 2.19. The number of nitrogens with one attached hydrogen (secondary N) is 1. The predicted molar refractivity (Wildman–Crippen MR) is 67.1 cm³/mol. The van der Waals surface area contributed by atoms with Crippen LogP contribution in [-0.4, -0.2) is 42.0 Å². The molecule has 18 heavy (non-hydrogen) atoms. The molecule has 1 heterocycles. The normalized spacial score (nSPS) is 15.5. The van der Waals surface area contributed by atoms with Gasteiger partial charge in [0.15, 0.2) is 0 Å². The van der Waals surface area contributed by atoms with Crippen LogP contribution in [0, 0.1) is 22.4 Å². The maximum absolute atomic E-state index is 10.8. The second kappa shape index (κ2) is 5.14. The van der Waals surface area contributed by atoms with E-state index in [1.54, 1.807) is 6.07 Å². The fraction of sp³-hybridized carbons (Fsp3) is 0.417. The zero-order chi connectivity index (χ0) is 13.1. The summed E-state index contributed by atoms with van der Waals surface area (Å²) in [5.74, 6) is 0.333. The molecule has 0 amide bonds. The van der Waals surface area contributed by atoms with Crippen molar-refractivity contribution < 1.29 is 9.66 Å². The third-order valence-corrected chi connectivity index (χ3v) is 3.01. The lowest BCUT2D eigenvalue weighted by Crippen LogP contribution is -2.41. The maximum Gasteiger partial charge on any atom is 0.270 e. The van der Waals surface area contributed by atoms with Crippen molar-refractivity contribution in [1.29, 1.82) is 5.41 Å². The van der Waals surface area contributed by atoms with Crippen LogP contribution in [0.5, 0.6) is 0 Å². The van der Waals surface area contributed by atoms with Crippen molar-refractivity contribution in [2.75, 3.05) is 26.3 Å². The number of non-ortho nitro benzene ring substituents is 1. The van der Waals surface area contributed by atoms with Crippen molar-refractivity contribution in [3.05, 3.63) is 39.4 Å². The van der Waals surface area contributed by atoms with E-state index in [0.29, 0.717) is 37.7 Å². The molecule has 1 saturated heterocycles. The third kappa shape index (κ3) is 2.48. The number of nitro benzene ring substituents is 1. The highest BCUT2D eigenvalue weighted by atomic mass is 16.6. The van der Waals surface area contributed by atoms with E-state index in [-0.39, 0.29) is 5.69 Å². The third-order valence-electron chi connectivity index (χ3n) is 3.01. The molecule has 1 aromatic rings. The van der Waals surface area contributed by atoms with Crippen molar-refractivity contribution >= 4 is 11.5 Å². The van der Waals surface area contributed by atoms with E-state index < -0.39 is 4.92 Å². The first-order valence-electron chi connectivity index (χ1n) is 5.76. The molecule has 6 nitrogen and oxygen atoms in total. The number of aryl methyl sites for hydroxylation is 1. The molecule has 1 aromatic carbocycles. The Bertz CT molecular complexity index is 481. The van der Waals surface area contributed by atoms with Gasteiger partial charge in [-0.2, -0.15) is 0 Å². The molecule has 0 aliphatic carbocycles. The summed E-state index contributed by atoms with van der Waals surface area (Å²) in [7, 11) is 0. The van der Waals surface area contributed by atoms with Crippen LogP contribution >= 0.6 is 0 Å². The van der Waals surface area contributed by atoms with E-state index in [0.717, 1.165) is 5.56 Å². The van der Waals surface area contributed by atoms with Gasteiger partial charge in [0.1, 0.15) is 5.84 Å². The van der Waals surface area contributed by atoms with Gasteiger partial charge in [0.2, 0.25) is 0 Å². The number of nitrogens with zero attached hydrogens (tertiary/aromatic N) is 2. The molecule has 1 fully saturated rings. The van der Waals surface area contributed by atoms with Crippen LogP contribution in [0.25, 0.3) is 0 Å². The summed E-state index contributed by atoms with van der Waals surface area (Å²) in [6, 6.07) is 4.61. The quantitative estimate of drug-likeness (QED) is 0.373. The molecule has 1 N–H and O–H groups in total. The van der Waals surface area contributed by atoms with E-state index in [2.05, 4.69) is 0 Å². The molecule has 0 saturated carbocycles. The monoisotopic (exact) mass is 249 g/mol. The Labute approximate surface area is 105 Å². The van der Waals surface area contributed by atoms with Crippen molar-refractivity contribution in [1.82, 2.24) is 4.90 Å². The number of benzene rings is 1. The Balaban J connectivity index is 2.28. The summed E-state index contributed by atoms with van der Waals surface area (Å²) >= 11 is 0. The van der Waals surface area contributed by atoms with E-state index in [9.17, 15) is 10.1 Å². The van der Waals surface area contributed by atoms with Gasteiger partial charge < -0.3 is 9.64 Å². The highest BCUT2D eigenvalue weighted by molar-refractivity contribution is 5.98. The van der Waals surface area contributed by atoms with Gasteiger partial charge in [-0.1, -0.05) is 6.07 Å². The number of rotatable bonds is 2. The van der Waals surface area contributed by atoms with Crippen molar-refractivity contribution in [2.24, 2.45) is 0 Å². The largest absolute Gasteiger partial charge is 0.378 e. The molecule has 0 aromatic heterocycles. The molecular weight excluding hydrogens is 234 g/mol. The zero-order valence-corrected chi connectivity index (χ0v) is 10.2. The number of ether oxygens (including phenoxy) is 1. The van der Waals surface area contributed by atoms with Crippen molar-refractivity contribution in [3.63, 3.8) is 0 Å². The number of morpholine rings is 1. The first-order valence-corrected chi connectivity index (χ1v) is 5.76. The summed E-state index contributed by atoms with van der Waals surface area (Å²) in [5, 5.41) is 18.9. The molecule has 6 heteroatoms. The SMILES string of the molecule is Cc1ccc([N+](=O)[O-])cc1C(=N)N1CCOCC1. The minimum Gasteiger partial charge on any atom is -0.378 e. The fourth-order valence-electron chi connectivity index (χ4n) is 1.94. The van der Waals surface area contributed by atoms with Crippen LogP contribution < -0.4 is 0 Å². The Morgan fingerprint density at radius 3 is 2.72 bits per heavy atom. The minimum atomic E-state index is -0.435. The standard InChI is InChI=1S/C12H15N3O3/c1-9-2-3-10(15(16)17)8-11(9)12(13)14-4-6-18-7-5-14/h2-3,8,13H,4-7H2,1H3. The number of amidine groups is 1. The molecule has 0 radical (unpaired) electrons. The van der Waals surface area contributed by atoms with Crippen LogP contribution in [0.1, 0.15) is 11.1 Å². The highest BCUT2D eigenvalue weighted by Crippen LogP contribution is 2.19. The molecule has 2 rings (SSSR count). The summed E-state index contributed by atoms with van der Waals surface area (Å²) in [4.78, 5) is 12.2. The predicted octanol–water partition coefficient (Wildman–Crippen LogP) is 1.56. The average molecular weight is 249 g/mol. The van der Waals surface area contributed by atoms with Gasteiger partial charge >= 0.3 is 0 Å². The van der Waals surface area contributed by atoms with Gasteiger partial charge in [-0.25, -0.2) is 0 Å². The van der Waals surface area contributed by atoms with Crippen molar-refractivity contribution in [2.45, 2.75) is 6.92 Å². The average Bonchev–Trinajstić information content (AvgIpc) is 2.39. The molecule has 96 valence electrons. The van der Waals surface area contributed by atoms with Crippen molar-refractivity contribution in [3.8, 4) is 0 Å². The van der Waals surface area contributed by atoms with Crippen LogP contribution in [0.4, 0.5) is 5.69 Å². The second-order valence-electron chi connectivity index (χ2n) is 4.20. The van der Waals surface area contributed by atoms with Crippen LogP contribution in [0.15, 0.2) is 18.2 Å². The minimum absolute atomic E-state index is 0.0219. The number of hydrogen-bond donors (Lipinski definition) is 1. The Morgan fingerprint density at radius 1 is 1.44 bits per heavy atom. The topological polar surface area (TPSA) is 79.5 Å². The van der Waals surface area contributed by atoms with Gasteiger partial charge in [-0.05, 0) is 12.5 Å². The van der Waals surface area contributed by atoms with E-state index >= 15 is 0 Å². The Hall–Kier alpha value is -1.95. The summed E-state index contributed by atoms with van der Waals surface area (Å²) in [6.45, 7) is 4.35. The summed E-state index contributed by atoms with van der Waals surface area (Å²) in [5.41, 5.74) is 1.51. The summed E-state index contributed by atoms with van der Waals surface area (Å²) < 4.78 is 5.23. The van der Waals surface area contributed by atoms with Gasteiger partial charge in [0.25, 0.3) is 5.69 Å². The Kier molecular flexibility index (Phi) is 3.57. The smallest absolute Gasteiger partial charge is 0.270 e. The van der Waals surface area contributed by atoms with E-state index in [1.165, 1.54) is 12.1 Å². The summed E-state index contributed by atoms with van der Waals surface area (Å²) in [6.07, 6.45) is 0. The van der Waals surface area contributed by atoms with Crippen LogP contribution in [-0.2, 0) is 4.74 Å². The van der Waals surface area contributed by atoms with Gasteiger partial charge in [0.05, 0.1) is 18.1 Å². The lowest BCUT2D eigenvalue weighted by Gasteiger charge is -2.29. The van der Waals surface area contributed by atoms with Crippen LogP contribution in [0.3, 0.4) is 0 Å². The molecule has 0 bridgehead atoms. The lowest BCUT2D eigenvalue weighted by atomic mass is 10.1. The number of hydrogen-bond acceptors (Lipinski definition) is 4. The zero-order valence-electron chi connectivity index (χ0n) is 10.2. The van der Waals surface area contributed by atoms with Crippen LogP contribution in [0.2, 0.25) is 0 Å². The second-order valence-corrected chi connectivity index (χ2v) is 4.20. The molecule has 0 unspecified atom stereocenters. The molecule has 0 atom stereocenters. The van der Waals surface area contributed by atoms with E-state index in [1.807, 2.05) is 11.8 Å². The fourth-order valence-corrected chi connectivity index (χ4v) is 1.94. The molecule has 0 spiro atoms. The van der Waals surface area contributed by atoms with Gasteiger partial charge in [-0.3, -0.25) is 15.5 Å². The van der Waals surface area contributed by atoms with E-state index in [4.69, 9.17) is 10.1 Å². The first kappa shape index (κ1) is 12.5. The molecular formula is C12H15N3O3. The first-order chi connectivity index (χ1) is 8.59. The molecule has 1 aliphatic heterocycles. The maximum atomic E-state index is 10.8. The lowest BCUT2D eigenvalue weighted by molar-refractivity contribution is -0.384.